The molecular formula is C16H15BrO2. The lowest BCUT2D eigenvalue weighted by atomic mass is 9.99. The molecule has 0 fully saturated rings. The Labute approximate surface area is 121 Å². The van der Waals surface area contributed by atoms with Gasteiger partial charge in [-0.25, -0.2) is 0 Å². The molecule has 19 heavy (non-hydrogen) atoms. The van der Waals surface area contributed by atoms with E-state index in [0.717, 1.165) is 26.9 Å². The van der Waals surface area contributed by atoms with Crippen LogP contribution in [0.5, 0.6) is 5.75 Å². The van der Waals surface area contributed by atoms with E-state index in [-0.39, 0.29) is 0 Å². The summed E-state index contributed by atoms with van der Waals surface area (Å²) in [5.41, 5.74) is 3.14. The van der Waals surface area contributed by atoms with Crippen molar-refractivity contribution in [2.45, 2.75) is 0 Å². The smallest absolute Gasteiger partial charge is 0.119 e. The minimum Gasteiger partial charge on any atom is -0.504 e. The second-order valence-electron chi connectivity index (χ2n) is 3.98. The topological polar surface area (TPSA) is 18.5 Å². The van der Waals surface area contributed by atoms with Gasteiger partial charge in [0.2, 0.25) is 0 Å². The summed E-state index contributed by atoms with van der Waals surface area (Å²) in [5, 5.41) is 0. The van der Waals surface area contributed by atoms with Crippen molar-refractivity contribution in [1.29, 1.82) is 0 Å². The number of hydrogen-bond acceptors (Lipinski definition) is 2. The fourth-order valence-electron chi connectivity index (χ4n) is 1.88. The summed E-state index contributed by atoms with van der Waals surface area (Å²) in [6.45, 7) is 0. The Hall–Kier alpha value is -1.74. The molecule has 0 aliphatic heterocycles. The summed E-state index contributed by atoms with van der Waals surface area (Å²) in [7, 11) is 3.31. The van der Waals surface area contributed by atoms with Gasteiger partial charge < -0.3 is 9.47 Å². The lowest BCUT2D eigenvalue weighted by Gasteiger charge is -2.11. The predicted octanol–water partition coefficient (Wildman–Crippen LogP) is 4.49. The predicted molar refractivity (Wildman–Crippen MR) is 81.2 cm³/mol. The molecule has 0 aliphatic carbocycles. The SMILES string of the molecule is CO/C=C(/c1cccc(OC)c1)c1ccccc1Br. The number of ether oxygens (including phenoxy) is 2. The van der Waals surface area contributed by atoms with Gasteiger partial charge >= 0.3 is 0 Å². The first-order valence-corrected chi connectivity index (χ1v) is 6.68. The van der Waals surface area contributed by atoms with Crippen LogP contribution in [0.4, 0.5) is 0 Å². The van der Waals surface area contributed by atoms with Crippen LogP contribution in [0.2, 0.25) is 0 Å². The van der Waals surface area contributed by atoms with Crippen molar-refractivity contribution in [2.24, 2.45) is 0 Å². The van der Waals surface area contributed by atoms with Crippen molar-refractivity contribution in [3.8, 4) is 5.75 Å². The summed E-state index contributed by atoms with van der Waals surface area (Å²) in [6, 6.07) is 16.0. The number of rotatable bonds is 4. The van der Waals surface area contributed by atoms with Gasteiger partial charge in [0.1, 0.15) is 5.75 Å². The van der Waals surface area contributed by atoms with Gasteiger partial charge in [-0.3, -0.25) is 0 Å². The number of halogens is 1. The highest BCUT2D eigenvalue weighted by molar-refractivity contribution is 9.10. The van der Waals surface area contributed by atoms with Crippen LogP contribution in [0.1, 0.15) is 11.1 Å². The Bertz CT molecular complexity index is 591. The molecule has 2 nitrogen and oxygen atoms in total. The van der Waals surface area contributed by atoms with E-state index in [1.54, 1.807) is 20.5 Å². The molecule has 0 unspecified atom stereocenters. The first-order chi connectivity index (χ1) is 9.26. The molecule has 2 rings (SSSR count). The van der Waals surface area contributed by atoms with Crippen molar-refractivity contribution in [3.05, 3.63) is 70.4 Å². The summed E-state index contributed by atoms with van der Waals surface area (Å²) in [6.07, 6.45) is 1.74. The minimum atomic E-state index is 0.826. The average molecular weight is 319 g/mol. The normalized spacial score (nSPS) is 11.2. The van der Waals surface area contributed by atoms with Gasteiger partial charge in [0.15, 0.2) is 0 Å². The summed E-state index contributed by atoms with van der Waals surface area (Å²) in [5.74, 6) is 0.826. The molecule has 0 bridgehead atoms. The molecule has 0 aromatic heterocycles. The van der Waals surface area contributed by atoms with Crippen molar-refractivity contribution in [2.75, 3.05) is 14.2 Å². The van der Waals surface area contributed by atoms with Crippen LogP contribution >= 0.6 is 15.9 Å². The first-order valence-electron chi connectivity index (χ1n) is 5.88. The molecule has 0 atom stereocenters. The first kappa shape index (κ1) is 13.7. The van der Waals surface area contributed by atoms with Gasteiger partial charge in [0, 0.05) is 10.0 Å². The zero-order valence-electron chi connectivity index (χ0n) is 10.9. The highest BCUT2D eigenvalue weighted by Crippen LogP contribution is 2.31. The highest BCUT2D eigenvalue weighted by atomic mass is 79.9. The molecular weight excluding hydrogens is 304 g/mol. The Balaban J connectivity index is 2.52. The molecule has 0 radical (unpaired) electrons. The summed E-state index contributed by atoms with van der Waals surface area (Å²) >= 11 is 3.57. The van der Waals surface area contributed by atoms with Crippen molar-refractivity contribution < 1.29 is 9.47 Å². The van der Waals surface area contributed by atoms with Crippen LogP contribution in [-0.2, 0) is 4.74 Å². The fourth-order valence-corrected chi connectivity index (χ4v) is 2.37. The van der Waals surface area contributed by atoms with E-state index in [9.17, 15) is 0 Å². The Morgan fingerprint density at radius 3 is 2.53 bits per heavy atom. The standard InChI is InChI=1S/C16H15BrO2/c1-18-11-15(14-8-3-4-9-16(14)17)12-6-5-7-13(10-12)19-2/h3-11H,1-2H3/b15-11-. The fraction of sp³-hybridized carbons (Fsp3) is 0.125. The molecule has 0 N–H and O–H groups in total. The molecule has 98 valence electrons. The van der Waals surface area contributed by atoms with Crippen LogP contribution < -0.4 is 4.74 Å². The summed E-state index contributed by atoms with van der Waals surface area (Å²) < 4.78 is 11.5. The molecule has 0 saturated carbocycles. The Morgan fingerprint density at radius 2 is 1.84 bits per heavy atom. The number of methoxy groups -OCH3 is 2. The van der Waals surface area contributed by atoms with Crippen molar-refractivity contribution in [3.63, 3.8) is 0 Å². The Morgan fingerprint density at radius 1 is 1.05 bits per heavy atom. The van der Waals surface area contributed by atoms with Gasteiger partial charge in [-0.15, -0.1) is 0 Å². The monoisotopic (exact) mass is 318 g/mol. The number of benzene rings is 2. The van der Waals surface area contributed by atoms with Gasteiger partial charge in [-0.2, -0.15) is 0 Å². The van der Waals surface area contributed by atoms with Crippen molar-refractivity contribution in [1.82, 2.24) is 0 Å². The van der Waals surface area contributed by atoms with Crippen LogP contribution in [0.25, 0.3) is 5.57 Å². The van der Waals surface area contributed by atoms with E-state index >= 15 is 0 Å². The van der Waals surface area contributed by atoms with Crippen LogP contribution in [0, 0.1) is 0 Å². The largest absolute Gasteiger partial charge is 0.504 e. The third-order valence-corrected chi connectivity index (χ3v) is 3.47. The van der Waals surface area contributed by atoms with E-state index < -0.39 is 0 Å². The minimum absolute atomic E-state index is 0.826. The summed E-state index contributed by atoms with van der Waals surface area (Å²) in [4.78, 5) is 0. The number of hydrogen-bond donors (Lipinski definition) is 0. The van der Waals surface area contributed by atoms with E-state index in [4.69, 9.17) is 9.47 Å². The second kappa shape index (κ2) is 6.43. The molecule has 2 aromatic carbocycles. The van der Waals surface area contributed by atoms with E-state index in [2.05, 4.69) is 22.0 Å². The van der Waals surface area contributed by atoms with E-state index in [1.165, 1.54) is 0 Å². The molecule has 2 aromatic rings. The van der Waals surface area contributed by atoms with Gasteiger partial charge in [-0.1, -0.05) is 46.3 Å². The van der Waals surface area contributed by atoms with Crippen molar-refractivity contribution >= 4 is 21.5 Å². The second-order valence-corrected chi connectivity index (χ2v) is 4.83. The lowest BCUT2D eigenvalue weighted by Crippen LogP contribution is -1.92. The third-order valence-electron chi connectivity index (χ3n) is 2.78. The Kier molecular flexibility index (Phi) is 4.63. The highest BCUT2D eigenvalue weighted by Gasteiger charge is 2.09. The van der Waals surface area contributed by atoms with Crippen LogP contribution in [-0.4, -0.2) is 14.2 Å². The molecule has 0 saturated heterocycles. The lowest BCUT2D eigenvalue weighted by molar-refractivity contribution is 0.340. The zero-order chi connectivity index (χ0) is 13.7. The third kappa shape index (κ3) is 3.18. The van der Waals surface area contributed by atoms with Gasteiger partial charge in [0.25, 0.3) is 0 Å². The van der Waals surface area contributed by atoms with Gasteiger partial charge in [-0.05, 0) is 29.3 Å². The maximum absolute atomic E-state index is 5.27. The van der Waals surface area contributed by atoms with Crippen LogP contribution in [0.15, 0.2) is 59.3 Å². The molecule has 0 aliphatic rings. The van der Waals surface area contributed by atoms with E-state index in [0.29, 0.717) is 0 Å². The van der Waals surface area contributed by atoms with E-state index in [1.807, 2.05) is 42.5 Å². The zero-order valence-corrected chi connectivity index (χ0v) is 12.5. The molecule has 3 heteroatoms. The van der Waals surface area contributed by atoms with Gasteiger partial charge in [0.05, 0.1) is 20.5 Å². The maximum Gasteiger partial charge on any atom is 0.119 e. The molecule has 0 amide bonds. The maximum atomic E-state index is 5.27. The van der Waals surface area contributed by atoms with Crippen LogP contribution in [0.3, 0.4) is 0 Å². The quantitative estimate of drug-likeness (QED) is 0.773. The molecule has 0 heterocycles. The molecule has 0 spiro atoms. The average Bonchev–Trinajstić information content (AvgIpc) is 2.46.